The lowest BCUT2D eigenvalue weighted by molar-refractivity contribution is -0.127. The number of thiocarbonyl (C=S) groups is 1. The maximum absolute atomic E-state index is 12.4. The van der Waals surface area contributed by atoms with E-state index in [1.165, 1.54) is 5.56 Å². The fourth-order valence-electron chi connectivity index (χ4n) is 2.72. The highest BCUT2D eigenvalue weighted by Crippen LogP contribution is 2.38. The molecule has 0 unspecified atom stereocenters. The second-order valence-corrected chi connectivity index (χ2v) is 5.70. The highest BCUT2D eigenvalue weighted by Gasteiger charge is 2.43. The van der Waals surface area contributed by atoms with Gasteiger partial charge >= 0.3 is 0 Å². The summed E-state index contributed by atoms with van der Waals surface area (Å²) in [6.07, 6.45) is 3.61. The topological polar surface area (TPSA) is 55.1 Å². The maximum atomic E-state index is 12.4. The number of rotatable bonds is 4. The van der Waals surface area contributed by atoms with Gasteiger partial charge in [0.2, 0.25) is 5.91 Å². The van der Waals surface area contributed by atoms with Gasteiger partial charge in [0.1, 0.15) is 0 Å². The molecule has 1 aliphatic rings. The Bertz CT molecular complexity index is 493. The Morgan fingerprint density at radius 1 is 1.37 bits per heavy atom. The number of carbonyl (C=O) groups excluding carboxylic acids is 1. The predicted molar refractivity (Wildman–Crippen MR) is 80.7 cm³/mol. The van der Waals surface area contributed by atoms with E-state index in [2.05, 4.69) is 5.32 Å². The molecule has 0 bridgehead atoms. The van der Waals surface area contributed by atoms with E-state index in [1.54, 1.807) is 0 Å². The third-order valence-corrected chi connectivity index (χ3v) is 4.45. The SMILES string of the molecule is Cc1ccccc1CNC(=O)C1(C(N)=S)CCCC1. The van der Waals surface area contributed by atoms with E-state index in [1.807, 2.05) is 31.2 Å². The third kappa shape index (κ3) is 2.78. The van der Waals surface area contributed by atoms with Crippen molar-refractivity contribution in [2.45, 2.75) is 39.2 Å². The van der Waals surface area contributed by atoms with Crippen molar-refractivity contribution in [1.82, 2.24) is 5.32 Å². The first-order chi connectivity index (χ1) is 9.06. The van der Waals surface area contributed by atoms with E-state index in [4.69, 9.17) is 18.0 Å². The fraction of sp³-hybridized carbons (Fsp3) is 0.467. The van der Waals surface area contributed by atoms with Crippen LogP contribution < -0.4 is 11.1 Å². The molecular weight excluding hydrogens is 256 g/mol. The first-order valence-corrected chi connectivity index (χ1v) is 7.10. The molecule has 1 aliphatic carbocycles. The first-order valence-electron chi connectivity index (χ1n) is 6.69. The summed E-state index contributed by atoms with van der Waals surface area (Å²) in [5.41, 5.74) is 7.50. The van der Waals surface area contributed by atoms with Gasteiger partial charge in [-0.2, -0.15) is 0 Å². The van der Waals surface area contributed by atoms with Gasteiger partial charge in [-0.15, -0.1) is 0 Å². The van der Waals surface area contributed by atoms with Crippen LogP contribution in [0, 0.1) is 12.3 Å². The van der Waals surface area contributed by atoms with Gasteiger partial charge < -0.3 is 11.1 Å². The van der Waals surface area contributed by atoms with E-state index >= 15 is 0 Å². The van der Waals surface area contributed by atoms with Gasteiger partial charge in [-0.3, -0.25) is 4.79 Å². The van der Waals surface area contributed by atoms with Gasteiger partial charge in [0.25, 0.3) is 0 Å². The quantitative estimate of drug-likeness (QED) is 0.831. The second kappa shape index (κ2) is 5.70. The van der Waals surface area contributed by atoms with Crippen molar-refractivity contribution in [3.63, 3.8) is 0 Å². The van der Waals surface area contributed by atoms with Crippen LogP contribution >= 0.6 is 12.2 Å². The van der Waals surface area contributed by atoms with Gasteiger partial charge in [0, 0.05) is 6.54 Å². The third-order valence-electron chi connectivity index (χ3n) is 4.06. The Morgan fingerprint density at radius 3 is 2.58 bits per heavy atom. The molecule has 1 aromatic rings. The largest absolute Gasteiger partial charge is 0.392 e. The van der Waals surface area contributed by atoms with E-state index in [9.17, 15) is 4.79 Å². The molecule has 0 aliphatic heterocycles. The number of nitrogens with two attached hydrogens (primary N) is 1. The molecule has 1 saturated carbocycles. The predicted octanol–water partition coefficient (Wildman–Crippen LogP) is 2.46. The molecule has 0 saturated heterocycles. The minimum Gasteiger partial charge on any atom is -0.392 e. The van der Waals surface area contributed by atoms with Gasteiger partial charge in [0.15, 0.2) is 0 Å². The van der Waals surface area contributed by atoms with E-state index in [0.29, 0.717) is 11.5 Å². The minimum atomic E-state index is -0.613. The van der Waals surface area contributed by atoms with Crippen molar-refractivity contribution in [1.29, 1.82) is 0 Å². The zero-order chi connectivity index (χ0) is 13.9. The molecular formula is C15H20N2OS. The molecule has 0 atom stereocenters. The van der Waals surface area contributed by atoms with Crippen molar-refractivity contribution < 1.29 is 4.79 Å². The standard InChI is InChI=1S/C15H20N2OS/c1-11-6-2-3-7-12(11)10-17-14(18)15(13(16)19)8-4-5-9-15/h2-3,6-7H,4-5,8-10H2,1H3,(H2,16,19)(H,17,18). The summed E-state index contributed by atoms with van der Waals surface area (Å²) in [6, 6.07) is 8.04. The molecule has 19 heavy (non-hydrogen) atoms. The van der Waals surface area contributed by atoms with Crippen LogP contribution in [0.3, 0.4) is 0 Å². The number of nitrogens with one attached hydrogen (secondary N) is 1. The molecule has 102 valence electrons. The maximum Gasteiger partial charge on any atom is 0.233 e. The number of amides is 1. The summed E-state index contributed by atoms with van der Waals surface area (Å²) in [5.74, 6) is -0.0132. The van der Waals surface area contributed by atoms with Crippen LogP contribution in [0.15, 0.2) is 24.3 Å². The number of benzene rings is 1. The van der Waals surface area contributed by atoms with Gasteiger partial charge in [-0.05, 0) is 30.9 Å². The number of carbonyl (C=O) groups is 1. The van der Waals surface area contributed by atoms with E-state index in [-0.39, 0.29) is 5.91 Å². The second-order valence-electron chi connectivity index (χ2n) is 5.26. The van der Waals surface area contributed by atoms with Crippen LogP contribution in [-0.4, -0.2) is 10.9 Å². The van der Waals surface area contributed by atoms with Gasteiger partial charge in [-0.25, -0.2) is 0 Å². The Balaban J connectivity index is 2.05. The van der Waals surface area contributed by atoms with Crippen LogP contribution in [0.4, 0.5) is 0 Å². The zero-order valence-corrected chi connectivity index (χ0v) is 12.1. The smallest absolute Gasteiger partial charge is 0.233 e. The van der Waals surface area contributed by atoms with Gasteiger partial charge in [0.05, 0.1) is 10.4 Å². The van der Waals surface area contributed by atoms with Crippen molar-refractivity contribution in [3.05, 3.63) is 35.4 Å². The lowest BCUT2D eigenvalue weighted by Crippen LogP contribution is -2.47. The average molecular weight is 276 g/mol. The van der Waals surface area contributed by atoms with Crippen molar-refractivity contribution in [3.8, 4) is 0 Å². The Morgan fingerprint density at radius 2 is 2.00 bits per heavy atom. The lowest BCUT2D eigenvalue weighted by Gasteiger charge is -2.26. The molecule has 1 aromatic carbocycles. The minimum absolute atomic E-state index is 0.0132. The summed E-state index contributed by atoms with van der Waals surface area (Å²) in [5, 5.41) is 3.00. The van der Waals surface area contributed by atoms with Crippen molar-refractivity contribution >= 4 is 23.1 Å². The highest BCUT2D eigenvalue weighted by molar-refractivity contribution is 7.80. The molecule has 3 nitrogen and oxygen atoms in total. The summed E-state index contributed by atoms with van der Waals surface area (Å²) in [4.78, 5) is 12.8. The summed E-state index contributed by atoms with van der Waals surface area (Å²) in [6.45, 7) is 2.58. The molecule has 0 spiro atoms. The van der Waals surface area contributed by atoms with Gasteiger partial charge in [-0.1, -0.05) is 49.3 Å². The van der Waals surface area contributed by atoms with Crippen LogP contribution in [0.2, 0.25) is 0 Å². The Hall–Kier alpha value is -1.42. The average Bonchev–Trinajstić information content (AvgIpc) is 2.88. The summed E-state index contributed by atoms with van der Waals surface area (Å²) in [7, 11) is 0. The molecule has 1 amide bonds. The molecule has 0 heterocycles. The summed E-state index contributed by atoms with van der Waals surface area (Å²) < 4.78 is 0. The normalized spacial score (nSPS) is 17.1. The Kier molecular flexibility index (Phi) is 4.20. The fourth-order valence-corrected chi connectivity index (χ4v) is 3.01. The molecule has 3 N–H and O–H groups in total. The van der Waals surface area contributed by atoms with E-state index in [0.717, 1.165) is 31.2 Å². The van der Waals surface area contributed by atoms with Crippen LogP contribution in [0.5, 0.6) is 0 Å². The zero-order valence-electron chi connectivity index (χ0n) is 11.2. The van der Waals surface area contributed by atoms with Crippen molar-refractivity contribution in [2.75, 3.05) is 0 Å². The highest BCUT2D eigenvalue weighted by atomic mass is 32.1. The van der Waals surface area contributed by atoms with Crippen LogP contribution in [-0.2, 0) is 11.3 Å². The number of hydrogen-bond donors (Lipinski definition) is 2. The van der Waals surface area contributed by atoms with Crippen LogP contribution in [0.1, 0.15) is 36.8 Å². The molecule has 2 rings (SSSR count). The van der Waals surface area contributed by atoms with Crippen LogP contribution in [0.25, 0.3) is 0 Å². The molecule has 4 heteroatoms. The molecule has 0 aromatic heterocycles. The summed E-state index contributed by atoms with van der Waals surface area (Å²) >= 11 is 5.12. The van der Waals surface area contributed by atoms with E-state index < -0.39 is 5.41 Å². The number of aryl methyl sites for hydroxylation is 1. The molecule has 1 fully saturated rings. The monoisotopic (exact) mass is 276 g/mol. The van der Waals surface area contributed by atoms with Crippen molar-refractivity contribution in [2.24, 2.45) is 11.1 Å². The molecule has 0 radical (unpaired) electrons. The first kappa shape index (κ1) is 14.0. The Labute approximate surface area is 119 Å². The lowest BCUT2D eigenvalue weighted by atomic mass is 9.85. The number of hydrogen-bond acceptors (Lipinski definition) is 2.